The molecule has 1 aromatic carbocycles. The number of fused-ring (bicyclic) bond motifs is 1. The average molecular weight is 417 g/mol. The van der Waals surface area contributed by atoms with Gasteiger partial charge in [0, 0.05) is 23.0 Å². The summed E-state index contributed by atoms with van der Waals surface area (Å²) in [7, 11) is 0. The number of halogens is 2. The van der Waals surface area contributed by atoms with Gasteiger partial charge < -0.3 is 9.73 Å². The molecule has 0 atom stereocenters. The number of aliphatic imine (C=N–C) groups is 1. The molecule has 25 heavy (non-hydrogen) atoms. The number of carbonyl (C=O) groups is 1. The van der Waals surface area contributed by atoms with Crippen molar-refractivity contribution in [1.82, 2.24) is 4.98 Å². The Bertz CT molecular complexity index is 1000. The van der Waals surface area contributed by atoms with E-state index in [2.05, 4.69) is 31.2 Å². The third kappa shape index (κ3) is 3.10. The van der Waals surface area contributed by atoms with E-state index in [1.807, 2.05) is 24.3 Å². The first-order valence-electron chi connectivity index (χ1n) is 7.44. The Morgan fingerprint density at radius 1 is 1.28 bits per heavy atom. The van der Waals surface area contributed by atoms with E-state index in [4.69, 9.17) is 16.0 Å². The van der Waals surface area contributed by atoms with Crippen molar-refractivity contribution in [1.29, 1.82) is 0 Å². The van der Waals surface area contributed by atoms with Gasteiger partial charge in [-0.15, -0.1) is 0 Å². The molecule has 124 valence electrons. The minimum absolute atomic E-state index is 0.248. The highest BCUT2D eigenvalue weighted by Gasteiger charge is 2.19. The molecule has 1 aliphatic heterocycles. The quantitative estimate of drug-likeness (QED) is 0.673. The summed E-state index contributed by atoms with van der Waals surface area (Å²) >= 11 is 9.28. The van der Waals surface area contributed by atoms with Crippen molar-refractivity contribution in [2.45, 2.75) is 6.54 Å². The number of aromatic nitrogens is 1. The minimum Gasteiger partial charge on any atom is -0.472 e. The summed E-state index contributed by atoms with van der Waals surface area (Å²) in [6.07, 6.45) is 4.78. The fourth-order valence-electron chi connectivity index (χ4n) is 2.64. The lowest BCUT2D eigenvalue weighted by Gasteiger charge is -2.08. The van der Waals surface area contributed by atoms with Gasteiger partial charge >= 0.3 is 0 Å². The Morgan fingerprint density at radius 3 is 2.92 bits per heavy atom. The van der Waals surface area contributed by atoms with E-state index >= 15 is 0 Å². The van der Waals surface area contributed by atoms with Crippen LogP contribution < -0.4 is 5.32 Å². The number of carbonyl (C=O) groups excluding carboxylic acids is 1. The number of hydrogen-bond donors (Lipinski definition) is 1. The molecule has 1 aliphatic rings. The topological polar surface area (TPSA) is 67.5 Å². The van der Waals surface area contributed by atoms with E-state index in [1.54, 1.807) is 12.5 Å². The van der Waals surface area contributed by atoms with Crippen LogP contribution in [0.5, 0.6) is 0 Å². The van der Waals surface area contributed by atoms with Crippen molar-refractivity contribution in [3.63, 3.8) is 0 Å². The summed E-state index contributed by atoms with van der Waals surface area (Å²) in [5.41, 5.74) is 4.80. The number of hydrogen-bond acceptors (Lipinski definition) is 4. The molecule has 1 N–H and O–H groups in total. The summed E-state index contributed by atoms with van der Waals surface area (Å²) in [6.45, 7) is 0.619. The molecule has 0 aliphatic carbocycles. The monoisotopic (exact) mass is 415 g/mol. The molecule has 7 heteroatoms. The number of pyridine rings is 1. The zero-order valence-electron chi connectivity index (χ0n) is 12.8. The SMILES string of the molecule is O=C(Nc1ccc2c(c1)C(c1ccoc1)=NC2)c1cc(Cl)c(Br)cn1. The van der Waals surface area contributed by atoms with Crippen molar-refractivity contribution in [3.05, 3.63) is 80.9 Å². The first kappa shape index (κ1) is 16.1. The van der Waals surface area contributed by atoms with Gasteiger partial charge in [0.25, 0.3) is 5.91 Å². The number of nitrogens with zero attached hydrogens (tertiary/aromatic N) is 2. The maximum Gasteiger partial charge on any atom is 0.274 e. The Labute approximate surface area is 156 Å². The maximum atomic E-state index is 12.4. The zero-order chi connectivity index (χ0) is 17.4. The van der Waals surface area contributed by atoms with Gasteiger partial charge in [0.15, 0.2) is 0 Å². The van der Waals surface area contributed by atoms with Crippen LogP contribution in [0, 0.1) is 0 Å². The second-order valence-corrected chi connectivity index (χ2v) is 6.75. The van der Waals surface area contributed by atoms with Crippen molar-refractivity contribution < 1.29 is 9.21 Å². The number of rotatable bonds is 3. The summed E-state index contributed by atoms with van der Waals surface area (Å²) in [4.78, 5) is 21.0. The number of nitrogens with one attached hydrogen (secondary N) is 1. The molecule has 3 heterocycles. The third-order valence-electron chi connectivity index (χ3n) is 3.87. The molecule has 0 bridgehead atoms. The fraction of sp³-hybridized carbons (Fsp3) is 0.0556. The van der Waals surface area contributed by atoms with Crippen molar-refractivity contribution in [3.8, 4) is 0 Å². The molecule has 0 spiro atoms. The number of amides is 1. The maximum absolute atomic E-state index is 12.4. The number of benzene rings is 1. The lowest BCUT2D eigenvalue weighted by molar-refractivity contribution is 0.102. The molecule has 0 unspecified atom stereocenters. The van der Waals surface area contributed by atoms with Crippen molar-refractivity contribution in [2.24, 2.45) is 4.99 Å². The van der Waals surface area contributed by atoms with E-state index < -0.39 is 0 Å². The summed E-state index contributed by atoms with van der Waals surface area (Å²) in [5, 5.41) is 3.28. The normalized spacial score (nSPS) is 12.6. The second kappa shape index (κ2) is 6.46. The Morgan fingerprint density at radius 2 is 2.16 bits per heavy atom. The van der Waals surface area contributed by atoms with Crippen LogP contribution in [0.2, 0.25) is 5.02 Å². The summed E-state index contributed by atoms with van der Waals surface area (Å²) in [5.74, 6) is -0.325. The van der Waals surface area contributed by atoms with Crippen molar-refractivity contribution >= 4 is 44.8 Å². The number of furan rings is 1. The van der Waals surface area contributed by atoms with Gasteiger partial charge in [0.2, 0.25) is 0 Å². The Hall–Kier alpha value is -2.44. The van der Waals surface area contributed by atoms with E-state index in [-0.39, 0.29) is 11.6 Å². The molecule has 0 saturated heterocycles. The van der Waals surface area contributed by atoms with Crippen molar-refractivity contribution in [2.75, 3.05) is 5.32 Å². The third-order valence-corrected chi connectivity index (χ3v) is 5.04. The van der Waals surface area contributed by atoms with Gasteiger partial charge in [-0.1, -0.05) is 17.7 Å². The van der Waals surface area contributed by atoms with Gasteiger partial charge in [-0.25, -0.2) is 4.98 Å². The van der Waals surface area contributed by atoms with Gasteiger partial charge in [0.1, 0.15) is 5.69 Å². The highest BCUT2D eigenvalue weighted by Crippen LogP contribution is 2.27. The van der Waals surface area contributed by atoms with Crippen LogP contribution >= 0.6 is 27.5 Å². The number of anilines is 1. The minimum atomic E-state index is -0.325. The van der Waals surface area contributed by atoms with E-state index in [0.29, 0.717) is 21.7 Å². The molecule has 3 aromatic rings. The Kier molecular flexibility index (Phi) is 4.15. The van der Waals surface area contributed by atoms with E-state index in [1.165, 1.54) is 12.3 Å². The molecule has 1 amide bonds. The van der Waals surface area contributed by atoms with Gasteiger partial charge in [-0.05, 0) is 45.8 Å². The van der Waals surface area contributed by atoms with Crippen LogP contribution in [0.3, 0.4) is 0 Å². The van der Waals surface area contributed by atoms with Gasteiger partial charge in [-0.2, -0.15) is 0 Å². The summed E-state index contributed by atoms with van der Waals surface area (Å²) < 4.78 is 5.78. The predicted octanol–water partition coefficient (Wildman–Crippen LogP) is 4.69. The standard InChI is InChI=1S/C18H11BrClN3O2/c19-14-8-21-16(6-15(14)20)18(24)23-12-2-1-10-7-22-17(13(10)5-12)11-3-4-25-9-11/h1-6,8-9H,7H2,(H,23,24). The van der Waals surface area contributed by atoms with Crippen LogP contribution in [0.25, 0.3) is 0 Å². The van der Waals surface area contributed by atoms with Crippen LogP contribution in [0.15, 0.2) is 62.9 Å². The zero-order valence-corrected chi connectivity index (χ0v) is 15.1. The highest BCUT2D eigenvalue weighted by atomic mass is 79.9. The predicted molar refractivity (Wildman–Crippen MR) is 99.4 cm³/mol. The van der Waals surface area contributed by atoms with Crippen LogP contribution in [-0.4, -0.2) is 16.6 Å². The van der Waals surface area contributed by atoms with E-state index in [9.17, 15) is 4.79 Å². The molecule has 5 nitrogen and oxygen atoms in total. The fourth-order valence-corrected chi connectivity index (χ4v) is 3.01. The molecule has 4 rings (SSSR count). The largest absolute Gasteiger partial charge is 0.472 e. The molecule has 0 saturated carbocycles. The van der Waals surface area contributed by atoms with Crippen LogP contribution in [-0.2, 0) is 6.54 Å². The van der Waals surface area contributed by atoms with Crippen LogP contribution in [0.4, 0.5) is 5.69 Å². The summed E-state index contributed by atoms with van der Waals surface area (Å²) in [6, 6.07) is 9.11. The van der Waals surface area contributed by atoms with Gasteiger partial charge in [-0.3, -0.25) is 9.79 Å². The molecular weight excluding hydrogens is 406 g/mol. The van der Waals surface area contributed by atoms with Gasteiger partial charge in [0.05, 0.1) is 34.3 Å². The smallest absolute Gasteiger partial charge is 0.274 e. The molecule has 2 aromatic heterocycles. The lowest BCUT2D eigenvalue weighted by atomic mass is 10.0. The first-order chi connectivity index (χ1) is 12.1. The molecule has 0 fully saturated rings. The Balaban J connectivity index is 1.60. The lowest BCUT2D eigenvalue weighted by Crippen LogP contribution is -2.14. The molecule has 0 radical (unpaired) electrons. The second-order valence-electron chi connectivity index (χ2n) is 5.49. The first-order valence-corrected chi connectivity index (χ1v) is 8.61. The van der Waals surface area contributed by atoms with Crippen LogP contribution in [0.1, 0.15) is 27.2 Å². The van der Waals surface area contributed by atoms with E-state index in [0.717, 1.165) is 22.4 Å². The molecular formula is C18H11BrClN3O2. The average Bonchev–Trinajstić information content (AvgIpc) is 3.26. The highest BCUT2D eigenvalue weighted by molar-refractivity contribution is 9.10.